The number of aliphatic hydroxyl groups is 1. The molecule has 0 radical (unpaired) electrons. The van der Waals surface area contributed by atoms with Gasteiger partial charge in [-0.25, -0.2) is 4.79 Å². The molecule has 1 aliphatic rings. The second kappa shape index (κ2) is 9.04. The third kappa shape index (κ3) is 5.12. The Balaban J connectivity index is 2.65. The van der Waals surface area contributed by atoms with Gasteiger partial charge in [-0.1, -0.05) is 26.8 Å². The van der Waals surface area contributed by atoms with E-state index in [-0.39, 0.29) is 18.1 Å². The number of hydrogen-bond donors (Lipinski definition) is 2. The Morgan fingerprint density at radius 2 is 1.90 bits per heavy atom. The largest absolute Gasteiger partial charge is 0.543 e. The Bertz CT molecular complexity index is 910. The standard InChI is InChI=1S/C23H34O7Si/c1-13(17(24)11-18(25)26)9-10-15-20(28-6)14(2)16-12-29-22(27)19(16)21(15)30-31(7,8)23(3,4)5/h9,17,24H,10-12H2,1-8H3,(H,25,26)/b13-9+. The van der Waals surface area contributed by atoms with Crippen molar-refractivity contribution < 1.29 is 33.7 Å². The van der Waals surface area contributed by atoms with E-state index in [1.165, 1.54) is 0 Å². The Labute approximate surface area is 185 Å². The molecule has 0 saturated carbocycles. The molecule has 0 bridgehead atoms. The van der Waals surface area contributed by atoms with E-state index >= 15 is 0 Å². The molecule has 2 N–H and O–H groups in total. The van der Waals surface area contributed by atoms with Crippen LogP contribution in [0, 0.1) is 6.92 Å². The number of aliphatic hydroxyl groups excluding tert-OH is 1. The average Bonchev–Trinajstić information content (AvgIpc) is 3.02. The molecule has 1 atom stereocenters. The van der Waals surface area contributed by atoms with Gasteiger partial charge in [0.05, 0.1) is 19.6 Å². The summed E-state index contributed by atoms with van der Waals surface area (Å²) in [7, 11) is -0.742. The fourth-order valence-corrected chi connectivity index (χ4v) is 4.30. The van der Waals surface area contributed by atoms with Gasteiger partial charge in [-0.15, -0.1) is 0 Å². The maximum absolute atomic E-state index is 12.6. The van der Waals surface area contributed by atoms with Crippen LogP contribution in [0.4, 0.5) is 0 Å². The highest BCUT2D eigenvalue weighted by Crippen LogP contribution is 2.46. The zero-order valence-corrected chi connectivity index (χ0v) is 20.7. The molecule has 0 fully saturated rings. The Hall–Kier alpha value is -2.32. The zero-order chi connectivity index (χ0) is 23.7. The third-order valence-electron chi connectivity index (χ3n) is 6.31. The topological polar surface area (TPSA) is 102 Å². The first-order valence-electron chi connectivity index (χ1n) is 10.4. The molecule has 7 nitrogen and oxygen atoms in total. The van der Waals surface area contributed by atoms with Crippen molar-refractivity contribution in [2.75, 3.05) is 7.11 Å². The maximum atomic E-state index is 12.6. The number of benzene rings is 1. The van der Waals surface area contributed by atoms with Crippen LogP contribution < -0.4 is 9.16 Å². The number of carboxylic acid groups (broad SMARTS) is 1. The number of carbonyl (C=O) groups excluding carboxylic acids is 1. The lowest BCUT2D eigenvalue weighted by Gasteiger charge is -2.37. The van der Waals surface area contributed by atoms with Gasteiger partial charge in [0.1, 0.15) is 23.7 Å². The summed E-state index contributed by atoms with van der Waals surface area (Å²) < 4.78 is 17.7. The fourth-order valence-electron chi connectivity index (χ4n) is 3.26. The lowest BCUT2D eigenvalue weighted by Crippen LogP contribution is -2.44. The summed E-state index contributed by atoms with van der Waals surface area (Å²) in [4.78, 5) is 23.6. The Morgan fingerprint density at radius 1 is 1.29 bits per heavy atom. The number of methoxy groups -OCH3 is 1. The van der Waals surface area contributed by atoms with E-state index in [1.54, 1.807) is 20.1 Å². The lowest BCUT2D eigenvalue weighted by molar-refractivity contribution is -0.138. The van der Waals surface area contributed by atoms with Gasteiger partial charge in [-0.3, -0.25) is 4.79 Å². The zero-order valence-electron chi connectivity index (χ0n) is 19.7. The first kappa shape index (κ1) is 24.9. The molecule has 0 amide bonds. The number of ether oxygens (including phenoxy) is 2. The highest BCUT2D eigenvalue weighted by atomic mass is 28.4. The average molecular weight is 451 g/mol. The van der Waals surface area contributed by atoms with Gasteiger partial charge in [-0.05, 0) is 49.5 Å². The summed E-state index contributed by atoms with van der Waals surface area (Å²) >= 11 is 0. The first-order valence-corrected chi connectivity index (χ1v) is 13.3. The molecule has 0 spiro atoms. The number of carbonyl (C=O) groups is 2. The summed E-state index contributed by atoms with van der Waals surface area (Å²) in [6.07, 6.45) is 0.615. The number of esters is 1. The molecule has 1 aromatic rings. The summed E-state index contributed by atoms with van der Waals surface area (Å²) in [6.45, 7) is 14.3. The minimum atomic E-state index is -2.31. The van der Waals surface area contributed by atoms with Crippen LogP contribution in [0.15, 0.2) is 11.6 Å². The molecular formula is C23H34O7Si. The molecule has 8 heteroatoms. The minimum Gasteiger partial charge on any atom is -0.543 e. The van der Waals surface area contributed by atoms with Crippen molar-refractivity contribution in [3.05, 3.63) is 33.9 Å². The number of cyclic esters (lactones) is 1. The molecule has 172 valence electrons. The Kier molecular flexibility index (Phi) is 7.27. The number of hydrogen-bond acceptors (Lipinski definition) is 6. The van der Waals surface area contributed by atoms with E-state index in [4.69, 9.17) is 19.0 Å². The maximum Gasteiger partial charge on any atom is 0.342 e. The van der Waals surface area contributed by atoms with Crippen LogP contribution in [-0.2, 0) is 22.6 Å². The van der Waals surface area contributed by atoms with Crippen molar-refractivity contribution in [1.82, 2.24) is 0 Å². The SMILES string of the molecule is COc1c(C)c2c(c(O[Si](C)(C)C(C)(C)C)c1C/C=C(\C)C(O)CC(=O)O)C(=O)OC2. The van der Waals surface area contributed by atoms with Crippen molar-refractivity contribution >= 4 is 20.3 Å². The lowest BCUT2D eigenvalue weighted by atomic mass is 9.94. The van der Waals surface area contributed by atoms with Crippen LogP contribution >= 0.6 is 0 Å². The second-order valence-corrected chi connectivity index (χ2v) is 14.2. The van der Waals surface area contributed by atoms with Crippen molar-refractivity contribution in [3.63, 3.8) is 0 Å². The van der Waals surface area contributed by atoms with E-state index in [0.29, 0.717) is 34.6 Å². The van der Waals surface area contributed by atoms with Crippen molar-refractivity contribution in [3.8, 4) is 11.5 Å². The highest BCUT2D eigenvalue weighted by molar-refractivity contribution is 6.74. The summed E-state index contributed by atoms with van der Waals surface area (Å²) in [6, 6.07) is 0. The van der Waals surface area contributed by atoms with Gasteiger partial charge >= 0.3 is 11.9 Å². The Morgan fingerprint density at radius 3 is 2.42 bits per heavy atom. The molecule has 2 rings (SSSR count). The molecule has 1 aliphatic heterocycles. The molecule has 0 aliphatic carbocycles. The summed E-state index contributed by atoms with van der Waals surface area (Å²) in [5, 5.41) is 19.0. The summed E-state index contributed by atoms with van der Waals surface area (Å²) in [5.41, 5.74) is 3.26. The minimum absolute atomic E-state index is 0.0960. The monoisotopic (exact) mass is 450 g/mol. The number of carboxylic acids is 1. The van der Waals surface area contributed by atoms with Crippen molar-refractivity contribution in [2.45, 2.75) is 78.3 Å². The van der Waals surface area contributed by atoms with Gasteiger partial charge < -0.3 is 24.1 Å². The molecule has 0 aromatic heterocycles. The van der Waals surface area contributed by atoms with E-state index < -0.39 is 26.4 Å². The van der Waals surface area contributed by atoms with Crippen LogP contribution in [-0.4, -0.2) is 43.7 Å². The normalized spacial score (nSPS) is 15.4. The molecule has 1 unspecified atom stereocenters. The van der Waals surface area contributed by atoms with E-state index in [1.807, 2.05) is 6.92 Å². The molecule has 0 saturated heterocycles. The van der Waals surface area contributed by atoms with Gasteiger partial charge in [0.25, 0.3) is 8.32 Å². The molecule has 31 heavy (non-hydrogen) atoms. The van der Waals surface area contributed by atoms with Crippen LogP contribution in [0.5, 0.6) is 11.5 Å². The van der Waals surface area contributed by atoms with Crippen LogP contribution in [0.25, 0.3) is 0 Å². The van der Waals surface area contributed by atoms with Gasteiger partial charge in [-0.2, -0.15) is 0 Å². The number of rotatable bonds is 8. The van der Waals surface area contributed by atoms with E-state index in [9.17, 15) is 14.7 Å². The van der Waals surface area contributed by atoms with Crippen LogP contribution in [0.2, 0.25) is 18.1 Å². The van der Waals surface area contributed by atoms with Crippen LogP contribution in [0.3, 0.4) is 0 Å². The fraction of sp³-hybridized carbons (Fsp3) is 0.565. The third-order valence-corrected chi connectivity index (χ3v) is 10.6. The predicted molar refractivity (Wildman–Crippen MR) is 120 cm³/mol. The highest BCUT2D eigenvalue weighted by Gasteiger charge is 2.42. The number of aliphatic carboxylic acids is 1. The van der Waals surface area contributed by atoms with Crippen LogP contribution in [0.1, 0.15) is 61.2 Å². The molecular weight excluding hydrogens is 416 g/mol. The molecule has 1 heterocycles. The van der Waals surface area contributed by atoms with Gasteiger partial charge in [0.15, 0.2) is 0 Å². The predicted octanol–water partition coefficient (Wildman–Crippen LogP) is 4.38. The quantitative estimate of drug-likeness (QED) is 0.344. The van der Waals surface area contributed by atoms with E-state index in [0.717, 1.165) is 11.1 Å². The van der Waals surface area contributed by atoms with Gasteiger partial charge in [0, 0.05) is 11.1 Å². The smallest absolute Gasteiger partial charge is 0.342 e. The van der Waals surface area contributed by atoms with Gasteiger partial charge in [0.2, 0.25) is 0 Å². The first-order chi connectivity index (χ1) is 14.2. The summed E-state index contributed by atoms with van der Waals surface area (Å²) in [5.74, 6) is -0.399. The second-order valence-electron chi connectivity index (χ2n) is 9.52. The number of fused-ring (bicyclic) bond motifs is 1. The van der Waals surface area contributed by atoms with Crippen molar-refractivity contribution in [1.29, 1.82) is 0 Å². The number of allylic oxidation sites excluding steroid dienone is 1. The molecule has 1 aromatic carbocycles. The van der Waals surface area contributed by atoms with Crippen molar-refractivity contribution in [2.24, 2.45) is 0 Å². The van der Waals surface area contributed by atoms with E-state index in [2.05, 4.69) is 33.9 Å².